The van der Waals surface area contributed by atoms with Crippen LogP contribution in [0.4, 0.5) is 18.9 Å². The monoisotopic (exact) mass is 535 g/mol. The predicted molar refractivity (Wildman–Crippen MR) is 122 cm³/mol. The first-order valence-corrected chi connectivity index (χ1v) is 11.4. The molecule has 2 atom stereocenters. The van der Waals surface area contributed by atoms with Crippen LogP contribution in [0, 0.1) is 17.2 Å². The average Bonchev–Trinajstić information content (AvgIpc) is 3.61. The van der Waals surface area contributed by atoms with Gasteiger partial charge < -0.3 is 10.6 Å². The van der Waals surface area contributed by atoms with Gasteiger partial charge in [-0.3, -0.25) is 4.79 Å². The van der Waals surface area contributed by atoms with Crippen LogP contribution in [0.3, 0.4) is 0 Å². The Morgan fingerprint density at radius 2 is 1.85 bits per heavy atom. The summed E-state index contributed by atoms with van der Waals surface area (Å²) >= 11 is 24.8. The van der Waals surface area contributed by atoms with Crippen molar-refractivity contribution in [1.29, 1.82) is 5.26 Å². The van der Waals surface area contributed by atoms with E-state index in [1.165, 1.54) is 18.2 Å². The van der Waals surface area contributed by atoms with Crippen LogP contribution in [0.1, 0.15) is 40.2 Å². The smallest absolute Gasteiger partial charge is 0.385 e. The molecule has 0 radical (unpaired) electrons. The first-order valence-electron chi connectivity index (χ1n) is 9.89. The molecule has 0 bridgehead atoms. The molecule has 0 saturated heterocycles. The van der Waals surface area contributed by atoms with E-state index in [9.17, 15) is 18.0 Å². The van der Waals surface area contributed by atoms with Gasteiger partial charge in [0.2, 0.25) is 0 Å². The van der Waals surface area contributed by atoms with E-state index in [0.29, 0.717) is 24.1 Å². The second-order valence-electron chi connectivity index (χ2n) is 8.25. The Balaban J connectivity index is 1.47. The highest BCUT2D eigenvalue weighted by molar-refractivity contribution is 6.52. The summed E-state index contributed by atoms with van der Waals surface area (Å²) in [6, 6.07) is 10.1. The molecule has 0 aromatic heterocycles. The van der Waals surface area contributed by atoms with E-state index in [0.717, 1.165) is 12.1 Å². The number of anilines is 1. The molecule has 2 N–H and O–H groups in total. The number of carbonyl (C=O) groups excluding carboxylic acids is 1. The molecule has 4 rings (SSSR count). The summed E-state index contributed by atoms with van der Waals surface area (Å²) in [5.74, 6) is -1.43. The quantitative estimate of drug-likeness (QED) is 0.399. The van der Waals surface area contributed by atoms with Gasteiger partial charge in [-0.2, -0.15) is 18.4 Å². The van der Waals surface area contributed by atoms with Crippen molar-refractivity contribution in [2.24, 2.45) is 5.92 Å². The van der Waals surface area contributed by atoms with Gasteiger partial charge in [-0.05, 0) is 54.8 Å². The van der Waals surface area contributed by atoms with Gasteiger partial charge in [-0.15, -0.1) is 23.2 Å². The number of alkyl halides is 5. The summed E-state index contributed by atoms with van der Waals surface area (Å²) in [5, 5.41) is 15.1. The Bertz CT molecular complexity index is 1160. The van der Waals surface area contributed by atoms with E-state index >= 15 is 0 Å². The fraction of sp³-hybridized carbons (Fsp3) is 0.364. The summed E-state index contributed by atoms with van der Waals surface area (Å²) in [6.45, 7) is 0.232. The summed E-state index contributed by atoms with van der Waals surface area (Å²) in [6.07, 6.45) is -3.38. The first-order chi connectivity index (χ1) is 15.4. The molecule has 2 aromatic rings. The number of hydrogen-bond donors (Lipinski definition) is 2. The molecule has 0 aliphatic heterocycles. The van der Waals surface area contributed by atoms with Crippen LogP contribution in [0.15, 0.2) is 36.4 Å². The maximum atomic E-state index is 13.2. The molecular formula is C22H16Cl4F3N3O. The number of nitriles is 1. The molecule has 2 aliphatic carbocycles. The van der Waals surface area contributed by atoms with Crippen molar-refractivity contribution in [3.63, 3.8) is 0 Å². The number of nitrogens with zero attached hydrogens (tertiary/aromatic N) is 1. The highest BCUT2D eigenvalue weighted by Gasteiger charge is 2.63. The number of rotatable bonds is 6. The van der Waals surface area contributed by atoms with Crippen molar-refractivity contribution in [2.45, 2.75) is 34.8 Å². The maximum Gasteiger partial charge on any atom is 0.416 e. The molecule has 2 saturated carbocycles. The molecule has 0 heterocycles. The molecule has 2 aliphatic rings. The van der Waals surface area contributed by atoms with E-state index < -0.39 is 39.4 Å². The van der Waals surface area contributed by atoms with Crippen LogP contribution in [0.25, 0.3) is 0 Å². The zero-order valence-corrected chi connectivity index (χ0v) is 19.8. The Labute approximate surface area is 207 Å². The maximum absolute atomic E-state index is 13.2. The largest absolute Gasteiger partial charge is 0.416 e. The highest BCUT2D eigenvalue weighted by Crippen LogP contribution is 2.65. The second kappa shape index (κ2) is 8.42. The second-order valence-corrected chi connectivity index (χ2v) is 10.5. The molecular weight excluding hydrogens is 521 g/mol. The SMILES string of the molecule is N#CC1(NC(=O)c2cc(NCC3C(c4cc(Cl)cc(C(F)(F)F)c4)C3(Cl)Cl)ccc2Cl)CC1. The number of hydrogen-bond acceptors (Lipinski definition) is 3. The molecule has 33 heavy (non-hydrogen) atoms. The van der Waals surface area contributed by atoms with Crippen molar-refractivity contribution in [2.75, 3.05) is 11.9 Å². The third-order valence-electron chi connectivity index (χ3n) is 5.86. The van der Waals surface area contributed by atoms with Crippen molar-refractivity contribution in [1.82, 2.24) is 5.32 Å². The van der Waals surface area contributed by atoms with Gasteiger partial charge in [-0.1, -0.05) is 23.2 Å². The normalized spacial score (nSPS) is 22.2. The van der Waals surface area contributed by atoms with E-state index in [1.807, 2.05) is 0 Å². The molecule has 2 fully saturated rings. The topological polar surface area (TPSA) is 64.9 Å². The molecule has 11 heteroatoms. The van der Waals surface area contributed by atoms with Gasteiger partial charge in [0.15, 0.2) is 0 Å². The van der Waals surface area contributed by atoms with E-state index in [-0.39, 0.29) is 22.2 Å². The molecule has 1 amide bonds. The standard InChI is InChI=1S/C22H16Cl4F3N3O/c23-13-6-11(5-12(7-13)22(27,28)29)18-16(21(18,25)26)9-31-14-1-2-17(24)15(8-14)19(33)32-20(10-30)3-4-20/h1-2,5-8,16,18,31H,3-4,9H2,(H,32,33). The van der Waals surface area contributed by atoms with Crippen molar-refractivity contribution >= 4 is 58.0 Å². The fourth-order valence-corrected chi connectivity index (χ4v) is 5.05. The van der Waals surface area contributed by atoms with Crippen molar-refractivity contribution < 1.29 is 18.0 Å². The van der Waals surface area contributed by atoms with Crippen molar-refractivity contribution in [3.8, 4) is 6.07 Å². The lowest BCUT2D eigenvalue weighted by molar-refractivity contribution is -0.137. The third-order valence-corrected chi connectivity index (χ3v) is 7.44. The molecule has 174 valence electrons. The van der Waals surface area contributed by atoms with Gasteiger partial charge in [0.05, 0.1) is 22.2 Å². The van der Waals surface area contributed by atoms with E-state index in [4.69, 9.17) is 51.7 Å². The molecule has 0 spiro atoms. The Morgan fingerprint density at radius 1 is 1.15 bits per heavy atom. The van der Waals surface area contributed by atoms with Crippen LogP contribution in [0.2, 0.25) is 10.0 Å². The van der Waals surface area contributed by atoms with E-state index in [1.54, 1.807) is 6.07 Å². The van der Waals surface area contributed by atoms with Gasteiger partial charge >= 0.3 is 6.18 Å². The molecule has 2 unspecified atom stereocenters. The van der Waals surface area contributed by atoms with Gasteiger partial charge in [-0.25, -0.2) is 0 Å². The lowest BCUT2D eigenvalue weighted by atomic mass is 10.1. The minimum absolute atomic E-state index is 0.0540. The van der Waals surface area contributed by atoms with E-state index in [2.05, 4.69) is 16.7 Å². The first kappa shape index (κ1) is 24.3. The Kier molecular flexibility index (Phi) is 6.20. The lowest BCUT2D eigenvalue weighted by Gasteiger charge is -2.13. The number of nitrogens with one attached hydrogen (secondary N) is 2. The average molecular weight is 537 g/mol. The zero-order valence-electron chi connectivity index (χ0n) is 16.7. The number of halogens is 7. The minimum atomic E-state index is -4.55. The Hall–Kier alpha value is -1.85. The van der Waals surface area contributed by atoms with Crippen LogP contribution in [0.5, 0.6) is 0 Å². The minimum Gasteiger partial charge on any atom is -0.385 e. The van der Waals surface area contributed by atoms with Gasteiger partial charge in [0.1, 0.15) is 9.87 Å². The van der Waals surface area contributed by atoms with Gasteiger partial charge in [0, 0.05) is 29.1 Å². The third kappa shape index (κ3) is 5.00. The molecule has 2 aromatic carbocycles. The zero-order chi connectivity index (χ0) is 24.2. The van der Waals surface area contributed by atoms with Crippen molar-refractivity contribution in [3.05, 3.63) is 63.1 Å². The van der Waals surface area contributed by atoms with Crippen LogP contribution in [-0.2, 0) is 6.18 Å². The van der Waals surface area contributed by atoms with Crippen LogP contribution < -0.4 is 10.6 Å². The predicted octanol–water partition coefficient (Wildman–Crippen LogP) is 6.80. The Morgan fingerprint density at radius 3 is 2.45 bits per heavy atom. The fourth-order valence-electron chi connectivity index (χ4n) is 3.77. The summed E-state index contributed by atoms with van der Waals surface area (Å²) in [7, 11) is 0. The number of carbonyl (C=O) groups is 1. The van der Waals surface area contributed by atoms with Crippen LogP contribution >= 0.6 is 46.4 Å². The highest BCUT2D eigenvalue weighted by atomic mass is 35.5. The van der Waals surface area contributed by atoms with Crippen LogP contribution in [-0.4, -0.2) is 22.3 Å². The number of benzene rings is 2. The lowest BCUT2D eigenvalue weighted by Crippen LogP contribution is -2.35. The summed E-state index contributed by atoms with van der Waals surface area (Å²) in [4.78, 5) is 12.5. The summed E-state index contributed by atoms with van der Waals surface area (Å²) < 4.78 is 38.2. The number of amides is 1. The summed E-state index contributed by atoms with van der Waals surface area (Å²) in [5.41, 5.74) is -0.666. The molecule has 4 nitrogen and oxygen atoms in total. The van der Waals surface area contributed by atoms with Gasteiger partial charge in [0.25, 0.3) is 5.91 Å².